The molecule has 1 aliphatic heterocycles. The first-order valence-corrected chi connectivity index (χ1v) is 4.85. The largest absolute Gasteiger partial charge is 0.364 e. The molecule has 2 rings (SSSR count). The van der Waals surface area contributed by atoms with Crippen LogP contribution in [0.15, 0.2) is 15.8 Å². The summed E-state index contributed by atoms with van der Waals surface area (Å²) in [6.07, 6.45) is 7.31. The van der Waals surface area contributed by atoms with Crippen molar-refractivity contribution in [2.24, 2.45) is 0 Å². The van der Waals surface area contributed by atoms with Crippen molar-refractivity contribution in [1.29, 1.82) is 0 Å². The summed E-state index contributed by atoms with van der Waals surface area (Å²) in [6.45, 7) is 0. The number of H-pyrrole nitrogens is 1. The summed E-state index contributed by atoms with van der Waals surface area (Å²) in [4.78, 5) is 24.9. The summed E-state index contributed by atoms with van der Waals surface area (Å²) >= 11 is 0. The number of hydrogen-bond donors (Lipinski definition) is 1. The highest BCUT2D eigenvalue weighted by molar-refractivity contribution is 6.11. The van der Waals surface area contributed by atoms with Gasteiger partial charge in [0.1, 0.15) is 19.6 Å². The van der Waals surface area contributed by atoms with E-state index in [1.165, 1.54) is 10.8 Å². The van der Waals surface area contributed by atoms with Gasteiger partial charge in [-0.2, -0.15) is 0 Å². The molecule has 5 nitrogen and oxygen atoms in total. The van der Waals surface area contributed by atoms with E-state index in [9.17, 15) is 9.59 Å². The quantitative estimate of drug-likeness (QED) is 0.499. The summed E-state index contributed by atoms with van der Waals surface area (Å²) in [6, 6.07) is -0.377. The average Bonchev–Trinajstić information content (AvgIpc) is 2.65. The van der Waals surface area contributed by atoms with Crippen LogP contribution in [0.4, 0.5) is 0 Å². The Morgan fingerprint density at radius 2 is 2.31 bits per heavy atom. The van der Waals surface area contributed by atoms with E-state index in [1.54, 1.807) is 0 Å². The van der Waals surface area contributed by atoms with Crippen LogP contribution < -0.4 is 11.2 Å². The highest BCUT2D eigenvalue weighted by Crippen LogP contribution is 2.24. The van der Waals surface area contributed by atoms with E-state index in [4.69, 9.17) is 19.0 Å². The number of aromatic amines is 1. The van der Waals surface area contributed by atoms with Crippen LogP contribution in [0.25, 0.3) is 0 Å². The zero-order valence-electron chi connectivity index (χ0n) is 8.47. The Bertz CT molecular complexity index is 554. The number of ether oxygens (including phenoxy) is 1. The molecular weight excluding hydrogens is 207 g/mol. The van der Waals surface area contributed by atoms with Crippen molar-refractivity contribution >= 4 is 7.85 Å². The van der Waals surface area contributed by atoms with Crippen LogP contribution in [-0.4, -0.2) is 23.4 Å². The third-order valence-corrected chi connectivity index (χ3v) is 2.46. The van der Waals surface area contributed by atoms with Gasteiger partial charge < -0.3 is 4.74 Å². The molecule has 0 saturated carbocycles. The zero-order chi connectivity index (χ0) is 11.7. The minimum Gasteiger partial charge on any atom is -0.364 e. The van der Waals surface area contributed by atoms with Crippen molar-refractivity contribution in [3.8, 4) is 12.3 Å². The van der Waals surface area contributed by atoms with E-state index >= 15 is 0 Å². The fraction of sp³-hybridized carbons (Fsp3) is 0.400. The van der Waals surface area contributed by atoms with Gasteiger partial charge in [0.05, 0.1) is 0 Å². The topological polar surface area (TPSA) is 64.1 Å². The molecule has 1 saturated heterocycles. The van der Waals surface area contributed by atoms with Crippen LogP contribution in [0.1, 0.15) is 24.6 Å². The molecule has 0 aliphatic carbocycles. The summed E-state index contributed by atoms with van der Waals surface area (Å²) in [7, 11) is 5.56. The monoisotopic (exact) mass is 216 g/mol. The number of nitrogens with one attached hydrogen (secondary N) is 1. The molecule has 2 radical (unpaired) electrons. The zero-order valence-corrected chi connectivity index (χ0v) is 8.47. The molecule has 0 aromatic carbocycles. The average molecular weight is 216 g/mol. The Morgan fingerprint density at radius 1 is 1.56 bits per heavy atom. The molecule has 1 fully saturated rings. The van der Waals surface area contributed by atoms with Crippen LogP contribution in [0.2, 0.25) is 0 Å². The van der Waals surface area contributed by atoms with E-state index in [0.717, 1.165) is 0 Å². The minimum absolute atomic E-state index is 0.101. The van der Waals surface area contributed by atoms with Crippen molar-refractivity contribution in [3.05, 3.63) is 32.6 Å². The molecular formula is C10H9BN2O3. The number of terminal acetylenes is 1. The molecule has 0 amide bonds. The summed E-state index contributed by atoms with van der Waals surface area (Å²) in [5.74, 6) is 2.21. The first-order valence-electron chi connectivity index (χ1n) is 4.85. The highest BCUT2D eigenvalue weighted by Gasteiger charge is 2.24. The molecule has 16 heavy (non-hydrogen) atoms. The molecule has 0 bridgehead atoms. The smallest absolute Gasteiger partial charge is 0.330 e. The van der Waals surface area contributed by atoms with Crippen LogP contribution in [-0.2, 0) is 4.74 Å². The van der Waals surface area contributed by atoms with Crippen LogP contribution in [0, 0.1) is 12.3 Å². The number of nitrogens with zero attached hydrogens (tertiary/aromatic N) is 1. The minimum atomic E-state index is -0.564. The summed E-state index contributed by atoms with van der Waals surface area (Å²) in [5, 5.41) is 0. The number of hydrogen-bond acceptors (Lipinski definition) is 3. The lowest BCUT2D eigenvalue weighted by Crippen LogP contribution is -2.33. The Labute approximate surface area is 92.9 Å². The van der Waals surface area contributed by atoms with Crippen molar-refractivity contribution in [1.82, 2.24) is 9.55 Å². The van der Waals surface area contributed by atoms with E-state index in [0.29, 0.717) is 12.8 Å². The maximum absolute atomic E-state index is 11.5. The summed E-state index contributed by atoms with van der Waals surface area (Å²) < 4.78 is 6.58. The second-order valence-electron chi connectivity index (χ2n) is 3.56. The molecule has 1 aromatic rings. The molecule has 2 atom stereocenters. The third kappa shape index (κ3) is 1.82. The first-order chi connectivity index (χ1) is 7.61. The van der Waals surface area contributed by atoms with Crippen molar-refractivity contribution in [3.63, 3.8) is 0 Å². The lowest BCUT2D eigenvalue weighted by Gasteiger charge is -2.14. The van der Waals surface area contributed by atoms with Gasteiger partial charge in [0.15, 0.2) is 0 Å². The third-order valence-electron chi connectivity index (χ3n) is 2.46. The van der Waals surface area contributed by atoms with Gasteiger partial charge in [-0.05, 0) is 12.8 Å². The molecule has 0 spiro atoms. The van der Waals surface area contributed by atoms with Crippen LogP contribution in [0.5, 0.6) is 0 Å². The molecule has 1 unspecified atom stereocenters. The first kappa shape index (κ1) is 10.8. The normalized spacial score (nSPS) is 24.2. The lowest BCUT2D eigenvalue weighted by atomic mass is 9.98. The predicted octanol–water partition coefficient (Wildman–Crippen LogP) is -0.679. The van der Waals surface area contributed by atoms with Gasteiger partial charge in [-0.3, -0.25) is 14.3 Å². The van der Waals surface area contributed by atoms with Gasteiger partial charge in [-0.1, -0.05) is 5.92 Å². The maximum atomic E-state index is 11.5. The van der Waals surface area contributed by atoms with Crippen LogP contribution in [0.3, 0.4) is 0 Å². The van der Waals surface area contributed by atoms with Crippen LogP contribution >= 0.6 is 0 Å². The number of rotatable bonds is 1. The lowest BCUT2D eigenvalue weighted by molar-refractivity contribution is 0.0339. The predicted molar refractivity (Wildman–Crippen MR) is 58.2 cm³/mol. The van der Waals surface area contributed by atoms with Crippen molar-refractivity contribution in [2.45, 2.75) is 25.1 Å². The fourth-order valence-electron chi connectivity index (χ4n) is 1.65. The van der Waals surface area contributed by atoms with Gasteiger partial charge in [0, 0.05) is 12.2 Å². The Morgan fingerprint density at radius 3 is 2.88 bits per heavy atom. The molecule has 6 heteroatoms. The van der Waals surface area contributed by atoms with E-state index in [1.807, 2.05) is 0 Å². The standard InChI is InChI=1S/C10H9BN2O3/c1-2-6-5-13(10(15)12-9(6)14)8-4-3-7(11)16-8/h1,5,7-8H,3-4H2,(H,12,14,15)/t7-,8?/m0/s1. The molecule has 1 aliphatic rings. The Balaban J connectivity index is 2.46. The Kier molecular flexibility index (Phi) is 2.71. The van der Waals surface area contributed by atoms with Gasteiger partial charge >= 0.3 is 5.69 Å². The second-order valence-corrected chi connectivity index (χ2v) is 3.56. The summed E-state index contributed by atoms with van der Waals surface area (Å²) in [5.41, 5.74) is -1.00. The SMILES string of the molecule is [B][C@@H]1CCC(n2cc(C#C)c(=O)[nH]c2=O)O1. The molecule has 1 aromatic heterocycles. The van der Waals surface area contributed by atoms with E-state index in [2.05, 4.69) is 10.9 Å². The second kappa shape index (κ2) is 4.03. The molecule has 2 heterocycles. The number of aromatic nitrogens is 2. The fourth-order valence-corrected chi connectivity index (χ4v) is 1.65. The van der Waals surface area contributed by atoms with Gasteiger partial charge in [0.2, 0.25) is 0 Å². The molecule has 1 N–H and O–H groups in total. The highest BCUT2D eigenvalue weighted by atomic mass is 16.5. The van der Waals surface area contributed by atoms with Crippen molar-refractivity contribution in [2.75, 3.05) is 0 Å². The maximum Gasteiger partial charge on any atom is 0.330 e. The van der Waals surface area contributed by atoms with Gasteiger partial charge in [0.25, 0.3) is 5.56 Å². The molecule has 80 valence electrons. The van der Waals surface area contributed by atoms with E-state index < -0.39 is 17.5 Å². The van der Waals surface area contributed by atoms with Gasteiger partial charge in [-0.15, -0.1) is 6.42 Å². The van der Waals surface area contributed by atoms with E-state index in [-0.39, 0.29) is 11.6 Å². The van der Waals surface area contributed by atoms with Crippen molar-refractivity contribution < 1.29 is 4.74 Å². The van der Waals surface area contributed by atoms with Gasteiger partial charge in [-0.25, -0.2) is 4.79 Å². The Hall–Kier alpha value is -1.74.